The zero-order valence-corrected chi connectivity index (χ0v) is 17.3. The molecule has 4 rings (SSSR count). The molecule has 0 atom stereocenters. The molecule has 1 aliphatic rings. The highest BCUT2D eigenvalue weighted by atomic mass is 32.2. The number of ether oxygens (including phenoxy) is 1. The number of fused-ring (bicyclic) bond motifs is 3. The van der Waals surface area contributed by atoms with Crippen LogP contribution in [0.3, 0.4) is 0 Å². The lowest BCUT2D eigenvalue weighted by molar-refractivity contribution is -0.139. The standard InChI is InChI=1S/C25H22O3S/c1-16-7-10-21(11-17(16)2)29-15-25(27)28-14-24(26)20-9-8-19-12-18-5-3-4-6-22(18)23(19)13-20/h3-11,13H,12,14-15H2,1-2H3. The summed E-state index contributed by atoms with van der Waals surface area (Å²) in [6, 6.07) is 20.1. The molecule has 4 heteroatoms. The van der Waals surface area contributed by atoms with Gasteiger partial charge >= 0.3 is 5.97 Å². The van der Waals surface area contributed by atoms with Crippen molar-refractivity contribution in [2.75, 3.05) is 12.4 Å². The van der Waals surface area contributed by atoms with Crippen LogP contribution >= 0.6 is 11.8 Å². The van der Waals surface area contributed by atoms with Gasteiger partial charge in [0, 0.05) is 10.5 Å². The van der Waals surface area contributed by atoms with E-state index in [-0.39, 0.29) is 24.1 Å². The van der Waals surface area contributed by atoms with Gasteiger partial charge in [-0.3, -0.25) is 9.59 Å². The van der Waals surface area contributed by atoms with Crippen molar-refractivity contribution >= 4 is 23.5 Å². The third-order valence-electron chi connectivity index (χ3n) is 5.32. The second kappa shape index (κ2) is 8.26. The molecule has 0 aliphatic heterocycles. The van der Waals surface area contributed by atoms with E-state index in [2.05, 4.69) is 25.1 Å². The summed E-state index contributed by atoms with van der Waals surface area (Å²) in [6.45, 7) is 3.87. The molecule has 0 aromatic heterocycles. The second-order valence-corrected chi connectivity index (χ2v) is 8.37. The van der Waals surface area contributed by atoms with Crippen LogP contribution in [0.1, 0.15) is 32.6 Å². The molecular weight excluding hydrogens is 380 g/mol. The second-order valence-electron chi connectivity index (χ2n) is 7.32. The van der Waals surface area contributed by atoms with Crippen LogP contribution in [0.15, 0.2) is 65.6 Å². The smallest absolute Gasteiger partial charge is 0.316 e. The fourth-order valence-electron chi connectivity index (χ4n) is 3.51. The number of carbonyl (C=O) groups excluding carboxylic acids is 2. The Morgan fingerprint density at radius 2 is 1.69 bits per heavy atom. The molecule has 0 saturated carbocycles. The molecule has 0 spiro atoms. The monoisotopic (exact) mass is 402 g/mol. The molecule has 0 saturated heterocycles. The van der Waals surface area contributed by atoms with Crippen molar-refractivity contribution in [2.24, 2.45) is 0 Å². The van der Waals surface area contributed by atoms with E-state index in [0.29, 0.717) is 5.56 Å². The first kappa shape index (κ1) is 19.5. The van der Waals surface area contributed by atoms with Crippen LogP contribution in [0, 0.1) is 13.8 Å². The van der Waals surface area contributed by atoms with Crippen molar-refractivity contribution in [3.8, 4) is 11.1 Å². The van der Waals surface area contributed by atoms with E-state index in [9.17, 15) is 9.59 Å². The minimum atomic E-state index is -0.381. The third-order valence-corrected chi connectivity index (χ3v) is 6.29. The number of rotatable bonds is 6. The molecule has 0 fully saturated rings. The van der Waals surface area contributed by atoms with Gasteiger partial charge in [0.1, 0.15) is 0 Å². The molecule has 0 unspecified atom stereocenters. The van der Waals surface area contributed by atoms with Gasteiger partial charge in [-0.2, -0.15) is 0 Å². The number of benzene rings is 3. The average Bonchev–Trinajstić information content (AvgIpc) is 3.10. The van der Waals surface area contributed by atoms with Gasteiger partial charge in [0.2, 0.25) is 0 Å². The number of esters is 1. The number of thioether (sulfide) groups is 1. The first-order valence-corrected chi connectivity index (χ1v) is 10.6. The summed E-state index contributed by atoms with van der Waals surface area (Å²) < 4.78 is 5.21. The number of Topliss-reactive ketones (excluding diaryl/α,β-unsaturated/α-hetero) is 1. The van der Waals surface area contributed by atoms with Crippen LogP contribution in [0.5, 0.6) is 0 Å². The lowest BCUT2D eigenvalue weighted by Gasteiger charge is -2.07. The predicted molar refractivity (Wildman–Crippen MR) is 117 cm³/mol. The summed E-state index contributed by atoms with van der Waals surface area (Å²) in [5.74, 6) is -0.373. The van der Waals surface area contributed by atoms with Gasteiger partial charge in [-0.15, -0.1) is 11.8 Å². The van der Waals surface area contributed by atoms with E-state index >= 15 is 0 Å². The first-order chi connectivity index (χ1) is 14.0. The van der Waals surface area contributed by atoms with Crippen molar-refractivity contribution < 1.29 is 14.3 Å². The van der Waals surface area contributed by atoms with Crippen molar-refractivity contribution in [3.05, 3.63) is 88.5 Å². The van der Waals surface area contributed by atoms with Gasteiger partial charge in [-0.05, 0) is 71.8 Å². The maximum absolute atomic E-state index is 12.5. The fraction of sp³-hybridized carbons (Fsp3) is 0.200. The molecule has 3 nitrogen and oxygen atoms in total. The summed E-state index contributed by atoms with van der Waals surface area (Å²) >= 11 is 1.42. The average molecular weight is 403 g/mol. The van der Waals surface area contributed by atoms with E-state index in [0.717, 1.165) is 16.9 Å². The third kappa shape index (κ3) is 4.28. The minimum absolute atomic E-state index is 0.179. The van der Waals surface area contributed by atoms with Crippen molar-refractivity contribution in [3.63, 3.8) is 0 Å². The van der Waals surface area contributed by atoms with Crippen molar-refractivity contribution in [1.29, 1.82) is 0 Å². The van der Waals surface area contributed by atoms with Gasteiger partial charge in [-0.25, -0.2) is 0 Å². The van der Waals surface area contributed by atoms with Crippen LogP contribution in [0.25, 0.3) is 11.1 Å². The van der Waals surface area contributed by atoms with Gasteiger partial charge in [0.15, 0.2) is 12.4 Å². The molecule has 29 heavy (non-hydrogen) atoms. The Labute approximate surface area is 175 Å². The lowest BCUT2D eigenvalue weighted by Crippen LogP contribution is -2.15. The molecule has 0 radical (unpaired) electrons. The molecular formula is C25H22O3S. The van der Waals surface area contributed by atoms with Gasteiger partial charge in [0.25, 0.3) is 0 Å². The number of ketones is 1. The van der Waals surface area contributed by atoms with E-state index in [1.54, 1.807) is 0 Å². The molecule has 146 valence electrons. The quantitative estimate of drug-likeness (QED) is 0.246. The Morgan fingerprint density at radius 3 is 2.52 bits per heavy atom. The molecule has 0 amide bonds. The lowest BCUT2D eigenvalue weighted by atomic mass is 10.0. The summed E-state index contributed by atoms with van der Waals surface area (Å²) in [6.07, 6.45) is 0.894. The maximum atomic E-state index is 12.5. The Hall–Kier alpha value is -2.85. The number of hydrogen-bond donors (Lipinski definition) is 0. The molecule has 0 heterocycles. The number of carbonyl (C=O) groups is 2. The van der Waals surface area contributed by atoms with E-state index in [1.807, 2.05) is 49.4 Å². The molecule has 1 aliphatic carbocycles. The Balaban J connectivity index is 1.34. The Kier molecular flexibility index (Phi) is 5.54. The normalized spacial score (nSPS) is 11.7. The summed E-state index contributed by atoms with van der Waals surface area (Å²) in [5, 5.41) is 0. The molecule has 0 N–H and O–H groups in total. The van der Waals surface area contributed by atoms with Gasteiger partial charge in [-0.1, -0.05) is 42.5 Å². The van der Waals surface area contributed by atoms with Crippen molar-refractivity contribution in [2.45, 2.75) is 25.2 Å². The largest absolute Gasteiger partial charge is 0.457 e. The zero-order valence-electron chi connectivity index (χ0n) is 16.5. The van der Waals surface area contributed by atoms with Crippen LogP contribution < -0.4 is 0 Å². The van der Waals surface area contributed by atoms with Crippen LogP contribution in [0.4, 0.5) is 0 Å². The summed E-state index contributed by atoms with van der Waals surface area (Å²) in [7, 11) is 0. The Bertz CT molecular complexity index is 1100. The van der Waals surface area contributed by atoms with Crippen LogP contribution in [-0.4, -0.2) is 24.1 Å². The predicted octanol–water partition coefficient (Wildman–Crippen LogP) is 5.39. The maximum Gasteiger partial charge on any atom is 0.316 e. The van der Waals surface area contributed by atoms with E-state index in [1.165, 1.54) is 39.6 Å². The van der Waals surface area contributed by atoms with Crippen molar-refractivity contribution in [1.82, 2.24) is 0 Å². The zero-order chi connectivity index (χ0) is 20.4. The van der Waals surface area contributed by atoms with Crippen LogP contribution in [0.2, 0.25) is 0 Å². The Morgan fingerprint density at radius 1 is 0.897 bits per heavy atom. The van der Waals surface area contributed by atoms with Crippen LogP contribution in [-0.2, 0) is 16.0 Å². The first-order valence-electron chi connectivity index (χ1n) is 9.61. The highest BCUT2D eigenvalue weighted by Gasteiger charge is 2.20. The molecule has 3 aromatic rings. The SMILES string of the molecule is Cc1ccc(SCC(=O)OCC(=O)c2ccc3c(c2)-c2ccccc2C3)cc1C. The number of aryl methyl sites for hydroxylation is 2. The van der Waals surface area contributed by atoms with E-state index in [4.69, 9.17) is 4.74 Å². The fourth-order valence-corrected chi connectivity index (χ4v) is 4.31. The highest BCUT2D eigenvalue weighted by Crippen LogP contribution is 2.36. The highest BCUT2D eigenvalue weighted by molar-refractivity contribution is 8.00. The topological polar surface area (TPSA) is 43.4 Å². The number of hydrogen-bond acceptors (Lipinski definition) is 4. The minimum Gasteiger partial charge on any atom is -0.457 e. The van der Waals surface area contributed by atoms with E-state index < -0.39 is 0 Å². The van der Waals surface area contributed by atoms with Gasteiger partial charge < -0.3 is 4.74 Å². The summed E-state index contributed by atoms with van der Waals surface area (Å²) in [5.41, 5.74) is 7.78. The molecule has 0 bridgehead atoms. The van der Waals surface area contributed by atoms with Gasteiger partial charge in [0.05, 0.1) is 5.75 Å². The summed E-state index contributed by atoms with van der Waals surface area (Å²) in [4.78, 5) is 25.6. The molecule has 3 aromatic carbocycles.